The molecular weight excluding hydrogens is 426 g/mol. The molecule has 3 N–H and O–H groups in total. The van der Waals surface area contributed by atoms with E-state index in [-0.39, 0.29) is 25.5 Å². The number of aliphatic hydroxyl groups excluding tert-OH is 1. The summed E-state index contributed by atoms with van der Waals surface area (Å²) in [7, 11) is 0. The molecule has 0 aromatic heterocycles. The van der Waals surface area contributed by atoms with Gasteiger partial charge in [-0.3, -0.25) is 10.0 Å². The van der Waals surface area contributed by atoms with Crippen molar-refractivity contribution < 1.29 is 24.6 Å². The number of carbonyl (C=O) groups excluding carboxylic acids is 1. The maximum absolute atomic E-state index is 12.9. The summed E-state index contributed by atoms with van der Waals surface area (Å²) >= 11 is 0. The second-order valence-electron chi connectivity index (χ2n) is 7.31. The maximum atomic E-state index is 12.9. The van der Waals surface area contributed by atoms with E-state index >= 15 is 0 Å². The third kappa shape index (κ3) is 5.15. The van der Waals surface area contributed by atoms with E-state index in [1.165, 1.54) is 6.08 Å². The third-order valence-corrected chi connectivity index (χ3v) is 5.23. The molecule has 2 aromatic carbocycles. The highest BCUT2D eigenvalue weighted by Crippen LogP contribution is 2.43. The first-order chi connectivity index (χ1) is 16.1. The van der Waals surface area contributed by atoms with E-state index < -0.39 is 17.6 Å². The normalized spacial score (nSPS) is 19.1. The fourth-order valence-electron chi connectivity index (χ4n) is 3.65. The molecule has 0 bridgehead atoms. The summed E-state index contributed by atoms with van der Waals surface area (Å²) in [6.07, 6.45) is 1.25. The summed E-state index contributed by atoms with van der Waals surface area (Å²) < 4.78 is 11.8. The van der Waals surface area contributed by atoms with Gasteiger partial charge in [-0.25, -0.2) is 10.5 Å². The fourth-order valence-corrected chi connectivity index (χ4v) is 3.65. The number of carbonyl (C=O) groups is 1. The lowest BCUT2D eigenvalue weighted by Gasteiger charge is -2.29. The van der Waals surface area contributed by atoms with Gasteiger partial charge < -0.3 is 14.6 Å². The Bertz CT molecular complexity index is 1070. The first kappa shape index (κ1) is 23.8. The van der Waals surface area contributed by atoms with Crippen molar-refractivity contribution in [2.75, 3.05) is 13.2 Å². The zero-order chi connectivity index (χ0) is 23.7. The van der Waals surface area contributed by atoms with E-state index in [1.807, 2.05) is 0 Å². The molecule has 2 atom stereocenters. The van der Waals surface area contributed by atoms with Gasteiger partial charge in [0.2, 0.25) is 5.90 Å². The number of rotatable bonds is 11. The molecule has 0 aliphatic carbocycles. The molecule has 3 rings (SSSR count). The maximum Gasteiger partial charge on any atom is 0.275 e. The van der Waals surface area contributed by atoms with Gasteiger partial charge >= 0.3 is 0 Å². The van der Waals surface area contributed by atoms with Crippen LogP contribution in [0.5, 0.6) is 5.75 Å². The number of hydrogen-bond acceptors (Lipinski definition) is 7. The second kappa shape index (κ2) is 11.1. The minimum atomic E-state index is -1.52. The number of azide groups is 1. The Labute approximate surface area is 190 Å². The van der Waals surface area contributed by atoms with Gasteiger partial charge in [-0.15, -0.1) is 6.58 Å². The molecule has 2 aromatic rings. The number of nitrogens with one attached hydrogen (secondary N) is 1. The quantitative estimate of drug-likeness (QED) is 0.0907. The van der Waals surface area contributed by atoms with E-state index in [1.54, 1.807) is 54.0 Å². The average Bonchev–Trinajstić information content (AvgIpc) is 3.23. The number of nitrogens with zero attached hydrogens (tertiary/aromatic N) is 4. The van der Waals surface area contributed by atoms with Crippen LogP contribution in [0.4, 0.5) is 0 Å². The fraction of sp³-hybridized carbons (Fsp3) is 0.304. The van der Waals surface area contributed by atoms with Crippen LogP contribution in [0, 0.1) is 0 Å². The van der Waals surface area contributed by atoms with Crippen molar-refractivity contribution in [3.8, 4) is 5.75 Å². The van der Waals surface area contributed by atoms with Gasteiger partial charge in [0, 0.05) is 29.9 Å². The smallest absolute Gasteiger partial charge is 0.275 e. The molecular formula is C23H25N5O5. The van der Waals surface area contributed by atoms with Crippen LogP contribution in [0.15, 0.2) is 71.3 Å². The van der Waals surface area contributed by atoms with Crippen molar-refractivity contribution in [3.05, 3.63) is 88.3 Å². The highest BCUT2D eigenvalue weighted by atomic mass is 16.5. The second-order valence-corrected chi connectivity index (χ2v) is 7.31. The van der Waals surface area contributed by atoms with Crippen LogP contribution in [-0.4, -0.2) is 40.9 Å². The Hall–Kier alpha value is -3.85. The lowest BCUT2D eigenvalue weighted by Crippen LogP contribution is -2.47. The topological polar surface area (TPSA) is 149 Å². The summed E-state index contributed by atoms with van der Waals surface area (Å²) in [6, 6.07) is 14.1. The molecule has 1 heterocycles. The molecule has 10 heteroatoms. The first-order valence-electron chi connectivity index (χ1n) is 10.3. The standard InChI is InChI=1S/C23H25N5O5/c1-2-12-23(22(30)27-31)20(19-7-4-3-6-17(19)15-25-28-24)33-21(26-23)16-8-10-18(11-9-16)32-14-5-13-29/h2-4,6-11,20,29,31H,1,5,12-15H2,(H,27,30)/t20-,23-/m0/s1. The average molecular weight is 451 g/mol. The molecule has 1 aliphatic heterocycles. The molecule has 0 fully saturated rings. The van der Waals surface area contributed by atoms with E-state index in [9.17, 15) is 10.0 Å². The van der Waals surface area contributed by atoms with Crippen LogP contribution < -0.4 is 10.2 Å². The molecule has 172 valence electrons. The summed E-state index contributed by atoms with van der Waals surface area (Å²) in [5, 5.41) is 22.0. The molecule has 1 amide bonds. The minimum Gasteiger partial charge on any atom is -0.494 e. The molecule has 33 heavy (non-hydrogen) atoms. The number of aliphatic imine (C=N–C) groups is 1. The molecule has 0 saturated carbocycles. The number of amides is 1. The molecule has 0 radical (unpaired) electrons. The SMILES string of the molecule is C=CC[C@]1(C(=O)NO)N=C(c2ccc(OCCCO)cc2)O[C@H]1c1ccccc1CN=[N+]=[N-]. The van der Waals surface area contributed by atoms with Crippen molar-refractivity contribution in [1.82, 2.24) is 5.48 Å². The van der Waals surface area contributed by atoms with Crippen molar-refractivity contribution in [2.24, 2.45) is 10.1 Å². The lowest BCUT2D eigenvalue weighted by molar-refractivity contribution is -0.137. The summed E-state index contributed by atoms with van der Waals surface area (Å²) in [4.78, 5) is 20.3. The van der Waals surface area contributed by atoms with Gasteiger partial charge in [-0.1, -0.05) is 35.5 Å². The first-order valence-corrected chi connectivity index (χ1v) is 10.3. The molecule has 0 saturated heterocycles. The Morgan fingerprint density at radius 3 is 2.76 bits per heavy atom. The van der Waals surface area contributed by atoms with E-state index in [0.717, 1.165) is 0 Å². The van der Waals surface area contributed by atoms with Crippen molar-refractivity contribution in [3.63, 3.8) is 0 Å². The molecule has 0 spiro atoms. The van der Waals surface area contributed by atoms with Crippen LogP contribution in [-0.2, 0) is 16.1 Å². The number of aliphatic hydroxyl groups is 1. The Morgan fingerprint density at radius 1 is 1.33 bits per heavy atom. The zero-order valence-corrected chi connectivity index (χ0v) is 17.9. The lowest BCUT2D eigenvalue weighted by atomic mass is 9.83. The zero-order valence-electron chi connectivity index (χ0n) is 17.9. The monoisotopic (exact) mass is 451 g/mol. The van der Waals surface area contributed by atoms with Gasteiger partial charge in [-0.2, -0.15) is 0 Å². The molecule has 0 unspecified atom stereocenters. The van der Waals surface area contributed by atoms with Gasteiger partial charge in [0.15, 0.2) is 11.6 Å². The summed E-state index contributed by atoms with van der Waals surface area (Å²) in [5.41, 5.74) is 10.8. The Kier molecular flexibility index (Phi) is 8.04. The van der Waals surface area contributed by atoms with Crippen molar-refractivity contribution in [1.29, 1.82) is 0 Å². The number of benzene rings is 2. The van der Waals surface area contributed by atoms with E-state index in [4.69, 9.17) is 20.1 Å². The predicted molar refractivity (Wildman–Crippen MR) is 121 cm³/mol. The van der Waals surface area contributed by atoms with E-state index in [0.29, 0.717) is 35.5 Å². The van der Waals surface area contributed by atoms with Crippen LogP contribution in [0.1, 0.15) is 35.6 Å². The van der Waals surface area contributed by atoms with E-state index in [2.05, 4.69) is 21.6 Å². The van der Waals surface area contributed by atoms with Crippen LogP contribution in [0.2, 0.25) is 0 Å². The Balaban J connectivity index is 2.01. The highest BCUT2D eigenvalue weighted by Gasteiger charge is 2.53. The largest absolute Gasteiger partial charge is 0.494 e. The molecule has 1 aliphatic rings. The van der Waals surface area contributed by atoms with Gasteiger partial charge in [0.1, 0.15) is 5.75 Å². The number of hydroxylamine groups is 1. The minimum absolute atomic E-state index is 0.0452. The predicted octanol–water partition coefficient (Wildman–Crippen LogP) is 3.60. The number of ether oxygens (including phenoxy) is 2. The van der Waals surface area contributed by atoms with Gasteiger partial charge in [0.25, 0.3) is 5.91 Å². The Morgan fingerprint density at radius 2 is 2.09 bits per heavy atom. The summed E-state index contributed by atoms with van der Waals surface area (Å²) in [6.45, 7) is 4.24. The van der Waals surface area contributed by atoms with Crippen LogP contribution >= 0.6 is 0 Å². The van der Waals surface area contributed by atoms with Crippen LogP contribution in [0.25, 0.3) is 10.4 Å². The van der Waals surface area contributed by atoms with Gasteiger partial charge in [-0.05, 0) is 40.9 Å². The number of hydrogen-bond donors (Lipinski definition) is 3. The van der Waals surface area contributed by atoms with Gasteiger partial charge in [0.05, 0.1) is 13.2 Å². The highest BCUT2D eigenvalue weighted by molar-refractivity contribution is 6.00. The van der Waals surface area contributed by atoms with Crippen molar-refractivity contribution >= 4 is 11.8 Å². The van der Waals surface area contributed by atoms with Crippen LogP contribution in [0.3, 0.4) is 0 Å². The summed E-state index contributed by atoms with van der Waals surface area (Å²) in [5.74, 6) is 0.0865. The van der Waals surface area contributed by atoms with Crippen molar-refractivity contribution in [2.45, 2.75) is 31.0 Å². The third-order valence-electron chi connectivity index (χ3n) is 5.23. The molecule has 10 nitrogen and oxygen atoms in total.